The lowest BCUT2D eigenvalue weighted by molar-refractivity contribution is 0.407. The number of hydrogen-bond acceptors (Lipinski definition) is 1. The van der Waals surface area contributed by atoms with Gasteiger partial charge in [0.2, 0.25) is 0 Å². The van der Waals surface area contributed by atoms with Crippen LogP contribution in [0, 0.1) is 5.82 Å². The summed E-state index contributed by atoms with van der Waals surface area (Å²) in [5, 5.41) is 0.324. The van der Waals surface area contributed by atoms with Gasteiger partial charge in [0.15, 0.2) is 0 Å². The summed E-state index contributed by atoms with van der Waals surface area (Å²) in [5.74, 6) is 0.271. The minimum absolute atomic E-state index is 0.322. The lowest BCUT2D eigenvalue weighted by Crippen LogP contribution is -2.00. The first-order valence-electron chi connectivity index (χ1n) is 5.82. The summed E-state index contributed by atoms with van der Waals surface area (Å²) < 4.78 is 18.5. The van der Waals surface area contributed by atoms with E-state index in [0.717, 1.165) is 5.56 Å². The molecule has 2 aromatic rings. The molecule has 4 heteroatoms. The fraction of sp³-hybridized carbons (Fsp3) is 0.200. The molecular weight excluding hydrogens is 286 g/mol. The van der Waals surface area contributed by atoms with Crippen molar-refractivity contribution >= 4 is 23.2 Å². The van der Waals surface area contributed by atoms with Crippen LogP contribution in [0.15, 0.2) is 42.5 Å². The molecule has 0 amide bonds. The van der Waals surface area contributed by atoms with Gasteiger partial charge in [-0.1, -0.05) is 23.7 Å². The number of rotatable bonds is 4. The van der Waals surface area contributed by atoms with E-state index in [2.05, 4.69) is 0 Å². The highest BCUT2D eigenvalue weighted by Crippen LogP contribution is 2.33. The zero-order chi connectivity index (χ0) is 13.8. The van der Waals surface area contributed by atoms with E-state index >= 15 is 0 Å². The van der Waals surface area contributed by atoms with Crippen LogP contribution in [-0.4, -0.2) is 7.11 Å². The Hall–Kier alpha value is -1.25. The van der Waals surface area contributed by atoms with Gasteiger partial charge in [-0.25, -0.2) is 4.39 Å². The van der Waals surface area contributed by atoms with Gasteiger partial charge in [-0.3, -0.25) is 0 Å². The van der Waals surface area contributed by atoms with Crippen LogP contribution in [0.4, 0.5) is 4.39 Å². The third-order valence-corrected chi connectivity index (χ3v) is 3.50. The van der Waals surface area contributed by atoms with Gasteiger partial charge >= 0.3 is 0 Å². The first-order valence-corrected chi connectivity index (χ1v) is 6.63. The van der Waals surface area contributed by atoms with E-state index < -0.39 is 0 Å². The SMILES string of the molecule is COc1ccc(F)cc1C(Cl)Cc1ccc(Cl)cc1. The Balaban J connectivity index is 2.21. The van der Waals surface area contributed by atoms with E-state index in [9.17, 15) is 4.39 Å². The molecule has 0 spiro atoms. The predicted molar refractivity (Wildman–Crippen MR) is 76.7 cm³/mol. The lowest BCUT2D eigenvalue weighted by atomic mass is 10.0. The first-order chi connectivity index (χ1) is 9.10. The van der Waals surface area contributed by atoms with Gasteiger partial charge in [0.25, 0.3) is 0 Å². The molecule has 100 valence electrons. The van der Waals surface area contributed by atoms with Crippen molar-refractivity contribution in [2.75, 3.05) is 7.11 Å². The monoisotopic (exact) mass is 298 g/mol. The zero-order valence-corrected chi connectivity index (χ0v) is 11.9. The summed E-state index contributed by atoms with van der Waals surface area (Å²) in [6.07, 6.45) is 0.582. The van der Waals surface area contributed by atoms with Gasteiger partial charge < -0.3 is 4.74 Å². The van der Waals surface area contributed by atoms with Crippen molar-refractivity contribution in [1.29, 1.82) is 0 Å². The number of benzene rings is 2. The molecule has 2 rings (SSSR count). The van der Waals surface area contributed by atoms with Crippen LogP contribution in [0.2, 0.25) is 5.02 Å². The Bertz CT molecular complexity index is 555. The van der Waals surface area contributed by atoms with Crippen LogP contribution < -0.4 is 4.74 Å². The van der Waals surface area contributed by atoms with Crippen molar-refractivity contribution in [2.45, 2.75) is 11.8 Å². The molecule has 0 aliphatic rings. The van der Waals surface area contributed by atoms with E-state index in [-0.39, 0.29) is 11.2 Å². The first kappa shape index (κ1) is 14.2. The predicted octanol–water partition coefficient (Wildman–Crippen LogP) is 5.01. The Morgan fingerprint density at radius 3 is 2.47 bits per heavy atom. The van der Waals surface area contributed by atoms with Crippen LogP contribution in [0.3, 0.4) is 0 Å². The average Bonchev–Trinajstić information content (AvgIpc) is 2.41. The van der Waals surface area contributed by atoms with Crippen molar-refractivity contribution in [3.05, 3.63) is 64.4 Å². The summed E-state index contributed by atoms with van der Waals surface area (Å²) >= 11 is 12.2. The molecule has 0 saturated carbocycles. The molecule has 0 N–H and O–H groups in total. The number of alkyl halides is 1. The third-order valence-electron chi connectivity index (χ3n) is 2.86. The Morgan fingerprint density at radius 1 is 1.16 bits per heavy atom. The second-order valence-corrected chi connectivity index (χ2v) is 5.15. The van der Waals surface area contributed by atoms with Crippen molar-refractivity contribution < 1.29 is 9.13 Å². The van der Waals surface area contributed by atoms with Crippen molar-refractivity contribution in [1.82, 2.24) is 0 Å². The van der Waals surface area contributed by atoms with Crippen LogP contribution in [0.1, 0.15) is 16.5 Å². The molecule has 0 aliphatic heterocycles. The largest absolute Gasteiger partial charge is 0.496 e. The van der Waals surface area contributed by atoms with Gasteiger partial charge in [-0.05, 0) is 42.3 Å². The van der Waals surface area contributed by atoms with E-state index in [0.29, 0.717) is 22.8 Å². The maximum atomic E-state index is 13.3. The molecule has 0 aliphatic carbocycles. The van der Waals surface area contributed by atoms with Gasteiger partial charge in [-0.15, -0.1) is 11.6 Å². The van der Waals surface area contributed by atoms with E-state index in [4.69, 9.17) is 27.9 Å². The fourth-order valence-electron chi connectivity index (χ4n) is 1.89. The summed E-state index contributed by atoms with van der Waals surface area (Å²) in [5.41, 5.74) is 1.69. The van der Waals surface area contributed by atoms with Gasteiger partial charge in [0, 0.05) is 10.6 Å². The van der Waals surface area contributed by atoms with E-state index in [1.807, 2.05) is 24.3 Å². The molecule has 0 bridgehead atoms. The van der Waals surface area contributed by atoms with Gasteiger partial charge in [-0.2, -0.15) is 0 Å². The summed E-state index contributed by atoms with van der Waals surface area (Å²) in [7, 11) is 1.54. The fourth-order valence-corrected chi connectivity index (χ4v) is 2.36. The van der Waals surface area contributed by atoms with Crippen molar-refractivity contribution in [3.8, 4) is 5.75 Å². The minimum Gasteiger partial charge on any atom is -0.496 e. The molecule has 1 atom stereocenters. The third kappa shape index (κ3) is 3.62. The Labute approximate surface area is 121 Å². The van der Waals surface area contributed by atoms with Crippen LogP contribution in [-0.2, 0) is 6.42 Å². The van der Waals surface area contributed by atoms with Gasteiger partial charge in [0.1, 0.15) is 11.6 Å². The molecule has 0 radical (unpaired) electrons. The molecule has 2 aromatic carbocycles. The standard InChI is InChI=1S/C15H13Cl2FO/c1-19-15-7-6-12(18)9-13(15)14(17)8-10-2-4-11(16)5-3-10/h2-7,9,14H,8H2,1H3. The van der Waals surface area contributed by atoms with Crippen LogP contribution >= 0.6 is 23.2 Å². The van der Waals surface area contributed by atoms with Crippen molar-refractivity contribution in [2.24, 2.45) is 0 Å². The molecule has 0 aromatic heterocycles. The molecule has 1 nitrogen and oxygen atoms in total. The quantitative estimate of drug-likeness (QED) is 0.721. The van der Waals surface area contributed by atoms with E-state index in [1.54, 1.807) is 13.2 Å². The normalized spacial score (nSPS) is 12.2. The summed E-state index contributed by atoms with van der Waals surface area (Å²) in [4.78, 5) is 0. The molecule has 1 unspecified atom stereocenters. The Kier molecular flexibility index (Phi) is 4.67. The van der Waals surface area contributed by atoms with E-state index in [1.165, 1.54) is 12.1 Å². The number of halogens is 3. The highest BCUT2D eigenvalue weighted by atomic mass is 35.5. The van der Waals surface area contributed by atoms with Gasteiger partial charge in [0.05, 0.1) is 12.5 Å². The number of methoxy groups -OCH3 is 1. The molecule has 0 saturated heterocycles. The molecule has 0 fully saturated rings. The second-order valence-electron chi connectivity index (χ2n) is 4.18. The number of hydrogen-bond donors (Lipinski definition) is 0. The smallest absolute Gasteiger partial charge is 0.123 e. The summed E-state index contributed by atoms with van der Waals surface area (Å²) in [6, 6.07) is 11.8. The highest BCUT2D eigenvalue weighted by molar-refractivity contribution is 6.30. The highest BCUT2D eigenvalue weighted by Gasteiger charge is 2.15. The topological polar surface area (TPSA) is 9.23 Å². The van der Waals surface area contributed by atoms with Crippen LogP contribution in [0.25, 0.3) is 0 Å². The van der Waals surface area contributed by atoms with Crippen molar-refractivity contribution in [3.63, 3.8) is 0 Å². The molecular formula is C15H13Cl2FO. The lowest BCUT2D eigenvalue weighted by Gasteiger charge is -2.14. The molecule has 0 heterocycles. The Morgan fingerprint density at radius 2 is 1.84 bits per heavy atom. The maximum Gasteiger partial charge on any atom is 0.123 e. The second kappa shape index (κ2) is 6.27. The minimum atomic E-state index is -0.355. The average molecular weight is 299 g/mol. The zero-order valence-electron chi connectivity index (χ0n) is 10.4. The summed E-state index contributed by atoms with van der Waals surface area (Å²) in [6.45, 7) is 0. The molecule has 19 heavy (non-hydrogen) atoms. The maximum absolute atomic E-state index is 13.3. The van der Waals surface area contributed by atoms with Crippen LogP contribution in [0.5, 0.6) is 5.75 Å². The number of ether oxygens (including phenoxy) is 1.